The Hall–Kier alpha value is -1.14. The smallest absolute Gasteiger partial charge is 0.318 e. The highest BCUT2D eigenvalue weighted by Crippen LogP contribution is 2.22. The minimum atomic E-state index is 0.484. The molecule has 2 heterocycles. The van der Waals surface area contributed by atoms with Crippen molar-refractivity contribution in [2.75, 3.05) is 31.7 Å². The van der Waals surface area contributed by atoms with Gasteiger partial charge in [-0.15, -0.1) is 5.10 Å². The maximum absolute atomic E-state index is 5.73. The number of ether oxygens (including phenoxy) is 1. The minimum Gasteiger partial charge on any atom is -0.407 e. The van der Waals surface area contributed by atoms with Gasteiger partial charge in [-0.3, -0.25) is 0 Å². The zero-order valence-corrected chi connectivity index (χ0v) is 11.9. The quantitative estimate of drug-likeness (QED) is 0.790. The van der Waals surface area contributed by atoms with Crippen molar-refractivity contribution in [2.45, 2.75) is 45.2 Å². The lowest BCUT2D eigenvalue weighted by atomic mass is 10.1. The van der Waals surface area contributed by atoms with Crippen LogP contribution in [0.15, 0.2) is 4.42 Å². The van der Waals surface area contributed by atoms with E-state index in [0.717, 1.165) is 13.1 Å². The summed E-state index contributed by atoms with van der Waals surface area (Å²) >= 11 is 0. The molecule has 1 unspecified atom stereocenters. The number of hydrogen-bond acceptors (Lipinski definition) is 6. The molecule has 0 radical (unpaired) electrons. The summed E-state index contributed by atoms with van der Waals surface area (Å²) in [7, 11) is 1.69. The fourth-order valence-electron chi connectivity index (χ4n) is 2.36. The van der Waals surface area contributed by atoms with Gasteiger partial charge < -0.3 is 19.4 Å². The fraction of sp³-hybridized carbons (Fsp3) is 0.846. The van der Waals surface area contributed by atoms with E-state index in [2.05, 4.69) is 27.3 Å². The van der Waals surface area contributed by atoms with Crippen molar-refractivity contribution < 1.29 is 9.15 Å². The number of hydrogen-bond donors (Lipinski definition) is 1. The summed E-state index contributed by atoms with van der Waals surface area (Å²) < 4.78 is 10.7. The highest BCUT2D eigenvalue weighted by Gasteiger charge is 2.21. The molecule has 0 saturated carbocycles. The molecule has 0 aromatic carbocycles. The molecular weight excluding hydrogens is 244 g/mol. The largest absolute Gasteiger partial charge is 0.407 e. The van der Waals surface area contributed by atoms with Crippen molar-refractivity contribution in [1.29, 1.82) is 0 Å². The van der Waals surface area contributed by atoms with Crippen LogP contribution < -0.4 is 10.2 Å². The van der Waals surface area contributed by atoms with E-state index in [-0.39, 0.29) is 0 Å². The fourth-order valence-corrected chi connectivity index (χ4v) is 2.36. The summed E-state index contributed by atoms with van der Waals surface area (Å²) in [5.41, 5.74) is 0. The van der Waals surface area contributed by atoms with Gasteiger partial charge in [0, 0.05) is 26.2 Å². The highest BCUT2D eigenvalue weighted by molar-refractivity contribution is 5.26. The van der Waals surface area contributed by atoms with Gasteiger partial charge in [-0.2, -0.15) is 0 Å². The third-order valence-electron chi connectivity index (χ3n) is 3.51. The van der Waals surface area contributed by atoms with Gasteiger partial charge in [0.25, 0.3) is 0 Å². The van der Waals surface area contributed by atoms with Crippen LogP contribution in [0.4, 0.5) is 6.01 Å². The number of methoxy groups -OCH3 is 1. The molecule has 1 aromatic heterocycles. The molecule has 0 aliphatic carbocycles. The Morgan fingerprint density at radius 3 is 3.11 bits per heavy atom. The molecule has 1 atom stereocenters. The van der Waals surface area contributed by atoms with Crippen LogP contribution >= 0.6 is 0 Å². The van der Waals surface area contributed by atoms with E-state index in [4.69, 9.17) is 9.15 Å². The molecule has 0 spiro atoms. The lowest BCUT2D eigenvalue weighted by Gasteiger charge is -2.24. The van der Waals surface area contributed by atoms with Crippen molar-refractivity contribution in [2.24, 2.45) is 0 Å². The normalized spacial score (nSPS) is 20.5. The summed E-state index contributed by atoms with van der Waals surface area (Å²) in [4.78, 5) is 2.23. The van der Waals surface area contributed by atoms with Crippen LogP contribution in [0.1, 0.15) is 38.5 Å². The van der Waals surface area contributed by atoms with Crippen LogP contribution in [-0.4, -0.2) is 43.0 Å². The van der Waals surface area contributed by atoms with Gasteiger partial charge in [-0.1, -0.05) is 17.9 Å². The Kier molecular flexibility index (Phi) is 5.60. The zero-order valence-electron chi connectivity index (χ0n) is 11.9. The summed E-state index contributed by atoms with van der Waals surface area (Å²) in [6, 6.07) is 1.15. The number of aromatic nitrogens is 2. The van der Waals surface area contributed by atoms with Crippen molar-refractivity contribution in [1.82, 2.24) is 15.5 Å². The van der Waals surface area contributed by atoms with Crippen molar-refractivity contribution in [3.05, 3.63) is 5.89 Å². The summed E-state index contributed by atoms with van der Waals surface area (Å²) in [5.74, 6) is 0.641. The van der Waals surface area contributed by atoms with E-state index in [9.17, 15) is 0 Å². The molecule has 1 fully saturated rings. The SMILES string of the molecule is COCCNCc1nnc(N2CCCCCC2C)o1. The minimum absolute atomic E-state index is 0.484. The predicted octanol–water partition coefficient (Wildman–Crippen LogP) is 1.57. The first-order chi connectivity index (χ1) is 9.31. The summed E-state index contributed by atoms with van der Waals surface area (Å²) in [6.07, 6.45) is 4.98. The van der Waals surface area contributed by atoms with Crippen molar-refractivity contribution in [3.63, 3.8) is 0 Å². The summed E-state index contributed by atoms with van der Waals surface area (Å²) in [5, 5.41) is 11.5. The molecule has 2 rings (SSSR count). The molecule has 108 valence electrons. The Balaban J connectivity index is 1.88. The number of nitrogens with zero attached hydrogens (tertiary/aromatic N) is 3. The molecule has 1 N–H and O–H groups in total. The van der Waals surface area contributed by atoms with E-state index >= 15 is 0 Å². The lowest BCUT2D eigenvalue weighted by Crippen LogP contribution is -2.32. The van der Waals surface area contributed by atoms with Gasteiger partial charge in [-0.25, -0.2) is 0 Å². The first-order valence-corrected chi connectivity index (χ1v) is 7.10. The maximum Gasteiger partial charge on any atom is 0.318 e. The van der Waals surface area contributed by atoms with E-state index in [1.54, 1.807) is 7.11 Å². The van der Waals surface area contributed by atoms with Gasteiger partial charge in [-0.05, 0) is 19.8 Å². The molecule has 6 nitrogen and oxygen atoms in total. The number of rotatable bonds is 6. The van der Waals surface area contributed by atoms with E-state index in [1.165, 1.54) is 25.7 Å². The molecule has 1 aromatic rings. The standard InChI is InChI=1S/C13H24N4O2/c1-11-6-4-3-5-8-17(11)13-16-15-12(19-13)10-14-7-9-18-2/h11,14H,3-10H2,1-2H3. The first-order valence-electron chi connectivity index (χ1n) is 7.10. The van der Waals surface area contributed by atoms with Gasteiger partial charge in [0.1, 0.15) is 0 Å². The van der Waals surface area contributed by atoms with Gasteiger partial charge >= 0.3 is 6.01 Å². The average Bonchev–Trinajstić information content (AvgIpc) is 2.77. The van der Waals surface area contributed by atoms with E-state index in [0.29, 0.717) is 31.1 Å². The van der Waals surface area contributed by atoms with Crippen LogP contribution in [0.5, 0.6) is 0 Å². The van der Waals surface area contributed by atoms with E-state index in [1.807, 2.05) is 0 Å². The van der Waals surface area contributed by atoms with Gasteiger partial charge in [0.2, 0.25) is 5.89 Å². The third-order valence-corrected chi connectivity index (χ3v) is 3.51. The van der Waals surface area contributed by atoms with Crippen LogP contribution in [-0.2, 0) is 11.3 Å². The molecule has 0 bridgehead atoms. The average molecular weight is 268 g/mol. The Labute approximate surface area is 114 Å². The number of anilines is 1. The molecule has 1 aliphatic heterocycles. The monoisotopic (exact) mass is 268 g/mol. The van der Waals surface area contributed by atoms with E-state index < -0.39 is 0 Å². The topological polar surface area (TPSA) is 63.4 Å². The molecule has 6 heteroatoms. The lowest BCUT2D eigenvalue weighted by molar-refractivity contribution is 0.198. The molecule has 19 heavy (non-hydrogen) atoms. The third kappa shape index (κ3) is 4.18. The Bertz CT molecular complexity index is 369. The second kappa shape index (κ2) is 7.45. The van der Waals surface area contributed by atoms with Crippen molar-refractivity contribution in [3.8, 4) is 0 Å². The Morgan fingerprint density at radius 2 is 2.26 bits per heavy atom. The highest BCUT2D eigenvalue weighted by atomic mass is 16.5. The second-order valence-corrected chi connectivity index (χ2v) is 5.04. The first kappa shape index (κ1) is 14.3. The summed E-state index contributed by atoms with van der Waals surface area (Å²) in [6.45, 7) is 5.31. The van der Waals surface area contributed by atoms with Crippen LogP contribution in [0.2, 0.25) is 0 Å². The predicted molar refractivity (Wildman–Crippen MR) is 73.2 cm³/mol. The number of nitrogens with one attached hydrogen (secondary N) is 1. The van der Waals surface area contributed by atoms with Gasteiger partial charge in [0.15, 0.2) is 0 Å². The molecular formula is C13H24N4O2. The molecule has 1 saturated heterocycles. The van der Waals surface area contributed by atoms with Gasteiger partial charge in [0.05, 0.1) is 13.2 Å². The van der Waals surface area contributed by atoms with Crippen LogP contribution in [0.25, 0.3) is 0 Å². The molecule has 1 aliphatic rings. The van der Waals surface area contributed by atoms with Crippen LogP contribution in [0, 0.1) is 0 Å². The zero-order chi connectivity index (χ0) is 13.5. The Morgan fingerprint density at radius 1 is 1.37 bits per heavy atom. The van der Waals surface area contributed by atoms with Crippen LogP contribution in [0.3, 0.4) is 0 Å². The molecule has 0 amide bonds. The second-order valence-electron chi connectivity index (χ2n) is 5.04. The van der Waals surface area contributed by atoms with Crippen molar-refractivity contribution >= 4 is 6.01 Å². The maximum atomic E-state index is 5.73.